The number of hydrogen-bond donors (Lipinski definition) is 0. The Kier molecular flexibility index (Phi) is 8.01. The zero-order valence-corrected chi connectivity index (χ0v) is 31.7. The van der Waals surface area contributed by atoms with Crippen molar-refractivity contribution in [3.63, 3.8) is 0 Å². The summed E-state index contributed by atoms with van der Waals surface area (Å²) in [6.45, 7) is 0. The van der Waals surface area contributed by atoms with Crippen LogP contribution in [0.25, 0.3) is 86.9 Å². The highest BCUT2D eigenvalue weighted by Crippen LogP contribution is 2.44. The van der Waals surface area contributed by atoms with Gasteiger partial charge in [-0.2, -0.15) is 0 Å². The Bertz CT molecular complexity index is 3220. The fraction of sp³-hybridized carbons (Fsp3) is 0. The molecule has 268 valence electrons. The molecule has 2 aromatic heterocycles. The fourth-order valence-corrected chi connectivity index (χ4v) is 9.10. The molecule has 11 rings (SSSR count). The first kappa shape index (κ1) is 33.1. The number of aromatic nitrogens is 1. The standard InChI is InChI=1S/C53H34N2OS/c1-3-10-35(11-4-1)38-18-21-40(22-19-38)53-54-52-48(56-53)29-31-50-51(52)47-34-46(28-30-49(47)57-50)55(45-17-9-16-42(33-45)36-12-5-2-6-13-36)44-26-24-39(25-27-44)43-23-20-37-14-7-8-15-41(37)32-43/h1-34H. The van der Waals surface area contributed by atoms with Crippen LogP contribution in [0.15, 0.2) is 211 Å². The maximum atomic E-state index is 6.45. The van der Waals surface area contributed by atoms with Crippen LogP contribution in [0.5, 0.6) is 0 Å². The van der Waals surface area contributed by atoms with Crippen LogP contribution in [0.3, 0.4) is 0 Å². The van der Waals surface area contributed by atoms with E-state index in [1.807, 2.05) is 6.07 Å². The minimum atomic E-state index is 0.624. The Hall–Kier alpha value is -7.27. The fourth-order valence-electron chi connectivity index (χ4n) is 8.01. The molecule has 0 saturated carbocycles. The molecule has 0 atom stereocenters. The highest BCUT2D eigenvalue weighted by molar-refractivity contribution is 7.26. The van der Waals surface area contributed by atoms with Crippen LogP contribution in [0.2, 0.25) is 0 Å². The van der Waals surface area contributed by atoms with E-state index in [1.54, 1.807) is 11.3 Å². The molecule has 0 amide bonds. The predicted octanol–water partition coefficient (Wildman–Crippen LogP) is 15.5. The van der Waals surface area contributed by atoms with Crippen molar-refractivity contribution in [2.45, 2.75) is 0 Å². The summed E-state index contributed by atoms with van der Waals surface area (Å²) in [5.41, 5.74) is 12.9. The Labute approximate surface area is 334 Å². The van der Waals surface area contributed by atoms with E-state index in [-0.39, 0.29) is 0 Å². The number of benzene rings is 9. The lowest BCUT2D eigenvalue weighted by atomic mass is 10.0. The molecule has 0 radical (unpaired) electrons. The first-order chi connectivity index (χ1) is 28.2. The molecule has 4 heteroatoms. The van der Waals surface area contributed by atoms with Gasteiger partial charge in [0.1, 0.15) is 5.52 Å². The monoisotopic (exact) mass is 746 g/mol. The largest absolute Gasteiger partial charge is 0.436 e. The molecule has 3 nitrogen and oxygen atoms in total. The number of rotatable bonds is 7. The van der Waals surface area contributed by atoms with Crippen molar-refractivity contribution in [3.05, 3.63) is 206 Å². The van der Waals surface area contributed by atoms with Crippen molar-refractivity contribution in [2.75, 3.05) is 4.90 Å². The van der Waals surface area contributed by atoms with Gasteiger partial charge in [0.25, 0.3) is 0 Å². The van der Waals surface area contributed by atoms with Gasteiger partial charge in [0.2, 0.25) is 5.89 Å². The maximum Gasteiger partial charge on any atom is 0.227 e. The van der Waals surface area contributed by atoms with E-state index in [1.165, 1.54) is 48.0 Å². The predicted molar refractivity (Wildman–Crippen MR) is 241 cm³/mol. The van der Waals surface area contributed by atoms with Gasteiger partial charge in [0.05, 0.1) is 0 Å². The minimum absolute atomic E-state index is 0.624. The van der Waals surface area contributed by atoms with Crippen molar-refractivity contribution >= 4 is 70.4 Å². The van der Waals surface area contributed by atoms with Crippen LogP contribution < -0.4 is 4.90 Å². The number of fused-ring (bicyclic) bond motifs is 6. The molecule has 9 aromatic carbocycles. The topological polar surface area (TPSA) is 29.3 Å². The smallest absolute Gasteiger partial charge is 0.227 e. The highest BCUT2D eigenvalue weighted by atomic mass is 32.1. The van der Waals surface area contributed by atoms with Gasteiger partial charge in [0, 0.05) is 42.8 Å². The van der Waals surface area contributed by atoms with Gasteiger partial charge in [-0.1, -0.05) is 133 Å². The van der Waals surface area contributed by atoms with Crippen LogP contribution in [-0.2, 0) is 0 Å². The van der Waals surface area contributed by atoms with Gasteiger partial charge in [-0.3, -0.25) is 0 Å². The van der Waals surface area contributed by atoms with Gasteiger partial charge in [-0.25, -0.2) is 4.98 Å². The first-order valence-corrected chi connectivity index (χ1v) is 20.0. The third kappa shape index (κ3) is 6.04. The van der Waals surface area contributed by atoms with E-state index in [9.17, 15) is 0 Å². The molecule has 57 heavy (non-hydrogen) atoms. The maximum absolute atomic E-state index is 6.45. The molecule has 0 bridgehead atoms. The zero-order chi connectivity index (χ0) is 37.7. The average molecular weight is 747 g/mol. The molecular weight excluding hydrogens is 713 g/mol. The normalized spacial score (nSPS) is 11.5. The second-order valence-corrected chi connectivity index (χ2v) is 15.5. The molecule has 0 saturated heterocycles. The second kappa shape index (κ2) is 13.8. The van der Waals surface area contributed by atoms with Gasteiger partial charge in [-0.15, -0.1) is 11.3 Å². The molecule has 0 spiro atoms. The number of hydrogen-bond acceptors (Lipinski definition) is 4. The first-order valence-electron chi connectivity index (χ1n) is 19.2. The molecule has 11 aromatic rings. The average Bonchev–Trinajstić information content (AvgIpc) is 3.89. The summed E-state index contributed by atoms with van der Waals surface area (Å²) in [5.74, 6) is 0.624. The number of nitrogens with zero attached hydrogens (tertiary/aromatic N) is 2. The summed E-state index contributed by atoms with van der Waals surface area (Å²) >= 11 is 1.79. The van der Waals surface area contributed by atoms with E-state index in [0.29, 0.717) is 5.89 Å². The van der Waals surface area contributed by atoms with E-state index in [4.69, 9.17) is 9.40 Å². The zero-order valence-electron chi connectivity index (χ0n) is 30.8. The Balaban J connectivity index is 1.03. The molecule has 2 heterocycles. The minimum Gasteiger partial charge on any atom is -0.436 e. The lowest BCUT2D eigenvalue weighted by molar-refractivity contribution is 0.620. The van der Waals surface area contributed by atoms with Crippen molar-refractivity contribution in [1.29, 1.82) is 0 Å². The van der Waals surface area contributed by atoms with Crippen LogP contribution in [0.4, 0.5) is 17.1 Å². The summed E-state index contributed by atoms with van der Waals surface area (Å²) in [5, 5.41) is 4.77. The molecular formula is C53H34N2OS. The molecule has 0 aliphatic heterocycles. The van der Waals surface area contributed by atoms with E-state index in [2.05, 4.69) is 205 Å². The number of anilines is 3. The van der Waals surface area contributed by atoms with Gasteiger partial charge >= 0.3 is 0 Å². The van der Waals surface area contributed by atoms with Crippen LogP contribution in [-0.4, -0.2) is 4.98 Å². The van der Waals surface area contributed by atoms with E-state index in [0.717, 1.165) is 50.1 Å². The molecule has 0 unspecified atom stereocenters. The van der Waals surface area contributed by atoms with E-state index >= 15 is 0 Å². The molecule has 0 N–H and O–H groups in total. The van der Waals surface area contributed by atoms with Crippen LogP contribution in [0.1, 0.15) is 0 Å². The van der Waals surface area contributed by atoms with Gasteiger partial charge in [0.15, 0.2) is 5.58 Å². The highest BCUT2D eigenvalue weighted by Gasteiger charge is 2.19. The van der Waals surface area contributed by atoms with Crippen LogP contribution >= 0.6 is 11.3 Å². The third-order valence-corrected chi connectivity index (χ3v) is 12.0. The summed E-state index contributed by atoms with van der Waals surface area (Å²) < 4.78 is 8.85. The second-order valence-electron chi connectivity index (χ2n) is 14.4. The lowest BCUT2D eigenvalue weighted by Crippen LogP contribution is -2.10. The summed E-state index contributed by atoms with van der Waals surface area (Å²) in [7, 11) is 0. The Morgan fingerprint density at radius 2 is 0.947 bits per heavy atom. The summed E-state index contributed by atoms with van der Waals surface area (Å²) in [6, 6.07) is 73.5. The molecule has 0 aliphatic carbocycles. The van der Waals surface area contributed by atoms with Crippen molar-refractivity contribution < 1.29 is 4.42 Å². The molecule has 0 aliphatic rings. The van der Waals surface area contributed by atoms with E-state index < -0.39 is 0 Å². The van der Waals surface area contributed by atoms with Crippen molar-refractivity contribution in [3.8, 4) is 44.8 Å². The van der Waals surface area contributed by atoms with Crippen LogP contribution in [0, 0.1) is 0 Å². The number of thiophene rings is 1. The Morgan fingerprint density at radius 3 is 1.74 bits per heavy atom. The van der Waals surface area contributed by atoms with Gasteiger partial charge in [-0.05, 0) is 117 Å². The number of oxazole rings is 1. The lowest BCUT2D eigenvalue weighted by Gasteiger charge is -2.26. The summed E-state index contributed by atoms with van der Waals surface area (Å²) in [4.78, 5) is 7.52. The van der Waals surface area contributed by atoms with Gasteiger partial charge < -0.3 is 9.32 Å². The Morgan fingerprint density at radius 1 is 0.386 bits per heavy atom. The van der Waals surface area contributed by atoms with Crippen molar-refractivity contribution in [1.82, 2.24) is 4.98 Å². The molecule has 0 fully saturated rings. The third-order valence-electron chi connectivity index (χ3n) is 10.9. The van der Waals surface area contributed by atoms with Crippen molar-refractivity contribution in [2.24, 2.45) is 0 Å². The summed E-state index contributed by atoms with van der Waals surface area (Å²) in [6.07, 6.45) is 0. The SMILES string of the molecule is c1ccc(-c2ccc(-c3nc4c(ccc5sc6ccc(N(c7ccc(-c8ccc9ccccc9c8)cc7)c7cccc(-c8ccccc8)c7)cc6c54)o3)cc2)cc1. The quantitative estimate of drug-likeness (QED) is 0.163.